The zero-order chi connectivity index (χ0) is 20.1. The van der Waals surface area contributed by atoms with E-state index < -0.39 is 0 Å². The van der Waals surface area contributed by atoms with Gasteiger partial charge in [0.1, 0.15) is 17.4 Å². The van der Waals surface area contributed by atoms with Gasteiger partial charge in [-0.3, -0.25) is 4.79 Å². The highest BCUT2D eigenvalue weighted by Gasteiger charge is 2.19. The van der Waals surface area contributed by atoms with Crippen molar-refractivity contribution in [3.05, 3.63) is 58.5 Å². The van der Waals surface area contributed by atoms with Crippen molar-refractivity contribution < 1.29 is 9.53 Å². The van der Waals surface area contributed by atoms with Gasteiger partial charge in [0.25, 0.3) is 0 Å². The van der Waals surface area contributed by atoms with Gasteiger partial charge in [-0.05, 0) is 17.4 Å². The summed E-state index contributed by atoms with van der Waals surface area (Å²) in [5.41, 5.74) is 0.927. The van der Waals surface area contributed by atoms with Crippen LogP contribution in [-0.2, 0) is 17.9 Å². The average molecular weight is 397 g/mol. The Kier molecular flexibility index (Phi) is 6.68. The van der Waals surface area contributed by atoms with Crippen LogP contribution >= 0.6 is 11.3 Å². The van der Waals surface area contributed by atoms with Gasteiger partial charge in [0.05, 0.1) is 12.2 Å². The van der Waals surface area contributed by atoms with Crippen LogP contribution in [0.2, 0.25) is 0 Å². The van der Waals surface area contributed by atoms with Crippen molar-refractivity contribution in [1.29, 1.82) is 0 Å². The smallest absolute Gasteiger partial charge is 0.225 e. The molecule has 0 N–H and O–H groups in total. The third-order valence-electron chi connectivity index (χ3n) is 4.44. The molecule has 0 aliphatic carbocycles. The minimum absolute atomic E-state index is 0.00782. The van der Waals surface area contributed by atoms with Gasteiger partial charge in [0.2, 0.25) is 5.91 Å². The summed E-state index contributed by atoms with van der Waals surface area (Å²) in [5.74, 6) is 1.46. The van der Waals surface area contributed by atoms with E-state index in [0.29, 0.717) is 19.1 Å². The van der Waals surface area contributed by atoms with Crippen molar-refractivity contribution in [2.24, 2.45) is 11.8 Å². The Morgan fingerprint density at radius 2 is 1.86 bits per heavy atom. The number of amides is 1. The zero-order valence-electron chi connectivity index (χ0n) is 17.0. The fourth-order valence-electron chi connectivity index (χ4n) is 3.18. The van der Waals surface area contributed by atoms with Crippen molar-refractivity contribution in [3.8, 4) is 5.75 Å². The lowest BCUT2D eigenvalue weighted by atomic mass is 10.1. The lowest BCUT2D eigenvalue weighted by Gasteiger charge is -2.25. The molecule has 0 aliphatic rings. The van der Waals surface area contributed by atoms with E-state index >= 15 is 0 Å². The molecule has 0 fully saturated rings. The van der Waals surface area contributed by atoms with Crippen molar-refractivity contribution in [2.75, 3.05) is 6.54 Å². The number of carbonyl (C=O) groups excluding carboxylic acids is 1. The van der Waals surface area contributed by atoms with Crippen molar-refractivity contribution in [2.45, 2.75) is 40.8 Å². The molecule has 0 radical (unpaired) electrons. The minimum atomic E-state index is -0.00782. The summed E-state index contributed by atoms with van der Waals surface area (Å²) >= 11 is 1.58. The average Bonchev–Trinajstić information content (AvgIpc) is 3.12. The molecule has 0 spiro atoms. The molecule has 1 amide bonds. The van der Waals surface area contributed by atoms with E-state index in [-0.39, 0.29) is 11.8 Å². The highest BCUT2D eigenvalue weighted by Crippen LogP contribution is 2.26. The molecule has 1 heterocycles. The Morgan fingerprint density at radius 3 is 2.61 bits per heavy atom. The molecule has 1 aromatic heterocycles. The predicted octanol–water partition coefficient (Wildman–Crippen LogP) is 5.52. The maximum absolute atomic E-state index is 12.5. The van der Waals surface area contributed by atoms with Gasteiger partial charge in [0.15, 0.2) is 0 Å². The zero-order valence-corrected chi connectivity index (χ0v) is 17.8. The summed E-state index contributed by atoms with van der Waals surface area (Å²) in [4.78, 5) is 19.1. The molecule has 3 rings (SSSR count). The van der Waals surface area contributed by atoms with E-state index in [4.69, 9.17) is 9.72 Å². The molecule has 0 saturated carbocycles. The number of aromatic nitrogens is 1. The van der Waals surface area contributed by atoms with Crippen LogP contribution in [0.25, 0.3) is 10.8 Å². The molecule has 0 saturated heterocycles. The lowest BCUT2D eigenvalue weighted by Crippen LogP contribution is -2.36. The number of benzene rings is 2. The second-order valence-electron chi connectivity index (χ2n) is 7.77. The Balaban J connectivity index is 1.67. The van der Waals surface area contributed by atoms with Gasteiger partial charge in [-0.1, -0.05) is 64.1 Å². The Morgan fingerprint density at radius 1 is 1.11 bits per heavy atom. The molecule has 5 heteroatoms. The molecule has 148 valence electrons. The highest BCUT2D eigenvalue weighted by molar-refractivity contribution is 7.09. The fourth-order valence-corrected chi connectivity index (χ4v) is 3.88. The maximum atomic E-state index is 12.5. The second-order valence-corrected chi connectivity index (χ2v) is 8.71. The van der Waals surface area contributed by atoms with Crippen LogP contribution in [0.15, 0.2) is 47.8 Å². The minimum Gasteiger partial charge on any atom is -0.486 e. The Hall–Kier alpha value is -2.40. The highest BCUT2D eigenvalue weighted by atomic mass is 32.1. The first-order valence-electron chi connectivity index (χ1n) is 9.76. The van der Waals surface area contributed by atoms with Gasteiger partial charge in [-0.25, -0.2) is 4.98 Å². The predicted molar refractivity (Wildman–Crippen MR) is 115 cm³/mol. The number of hydrogen-bond acceptors (Lipinski definition) is 4. The van der Waals surface area contributed by atoms with Crippen LogP contribution in [-0.4, -0.2) is 22.3 Å². The first-order valence-corrected chi connectivity index (χ1v) is 10.6. The van der Waals surface area contributed by atoms with E-state index in [1.54, 1.807) is 11.3 Å². The van der Waals surface area contributed by atoms with Crippen molar-refractivity contribution in [3.63, 3.8) is 0 Å². The Bertz CT molecular complexity index is 928. The van der Waals surface area contributed by atoms with Crippen LogP contribution in [0.4, 0.5) is 0 Å². The summed E-state index contributed by atoms with van der Waals surface area (Å²) in [6.45, 7) is 9.88. The molecule has 0 aliphatic heterocycles. The second kappa shape index (κ2) is 9.20. The third kappa shape index (κ3) is 5.10. The van der Waals surface area contributed by atoms with E-state index in [2.05, 4.69) is 32.0 Å². The molecule has 0 atom stereocenters. The van der Waals surface area contributed by atoms with E-state index in [9.17, 15) is 4.79 Å². The molecule has 28 heavy (non-hydrogen) atoms. The molecule has 0 unspecified atom stereocenters. The van der Waals surface area contributed by atoms with E-state index in [0.717, 1.165) is 33.8 Å². The number of fused-ring (bicyclic) bond motifs is 1. The van der Waals surface area contributed by atoms with Crippen molar-refractivity contribution in [1.82, 2.24) is 9.88 Å². The number of carbonyl (C=O) groups is 1. The van der Waals surface area contributed by atoms with Gasteiger partial charge in [-0.15, -0.1) is 11.3 Å². The third-order valence-corrected chi connectivity index (χ3v) is 5.32. The largest absolute Gasteiger partial charge is 0.486 e. The molecule has 3 aromatic rings. The number of hydrogen-bond donors (Lipinski definition) is 0. The summed E-state index contributed by atoms with van der Waals surface area (Å²) in [6, 6.07) is 14.3. The van der Waals surface area contributed by atoms with Crippen LogP contribution in [0.1, 0.15) is 38.4 Å². The molecule has 4 nitrogen and oxygen atoms in total. The van der Waals surface area contributed by atoms with E-state index in [1.165, 1.54) is 0 Å². The SMILES string of the molecule is CC(C)CN(Cc1csc(COc2cccc3ccccc23)n1)C(=O)C(C)C. The summed E-state index contributed by atoms with van der Waals surface area (Å²) < 4.78 is 6.04. The van der Waals surface area contributed by atoms with Crippen LogP contribution in [0, 0.1) is 11.8 Å². The quantitative estimate of drug-likeness (QED) is 0.504. The van der Waals surface area contributed by atoms with Crippen LogP contribution < -0.4 is 4.74 Å². The van der Waals surface area contributed by atoms with Crippen LogP contribution in [0.5, 0.6) is 5.75 Å². The normalized spacial score (nSPS) is 11.4. The monoisotopic (exact) mass is 396 g/mol. The first kappa shape index (κ1) is 20.3. The standard InChI is InChI=1S/C23H28N2O2S/c1-16(2)12-25(23(26)17(3)4)13-19-15-28-22(24-19)14-27-21-11-7-9-18-8-5-6-10-20(18)21/h5-11,15-17H,12-14H2,1-4H3. The van der Waals surface area contributed by atoms with Gasteiger partial charge >= 0.3 is 0 Å². The number of rotatable bonds is 8. The van der Waals surface area contributed by atoms with Crippen LogP contribution in [0.3, 0.4) is 0 Å². The Labute approximate surface area is 171 Å². The molecule has 2 aromatic carbocycles. The summed E-state index contributed by atoms with van der Waals surface area (Å²) in [5, 5.41) is 5.22. The fraction of sp³-hybridized carbons (Fsp3) is 0.391. The van der Waals surface area contributed by atoms with Gasteiger partial charge < -0.3 is 9.64 Å². The maximum Gasteiger partial charge on any atom is 0.225 e. The van der Waals surface area contributed by atoms with Gasteiger partial charge in [-0.2, -0.15) is 0 Å². The summed E-state index contributed by atoms with van der Waals surface area (Å²) in [7, 11) is 0. The topological polar surface area (TPSA) is 42.4 Å². The first-order chi connectivity index (χ1) is 13.4. The molecular formula is C23H28N2O2S. The lowest BCUT2D eigenvalue weighted by molar-refractivity contribution is -0.135. The summed E-state index contributed by atoms with van der Waals surface area (Å²) in [6.07, 6.45) is 0. The number of ether oxygens (including phenoxy) is 1. The molecule has 0 bridgehead atoms. The van der Waals surface area contributed by atoms with Gasteiger partial charge in [0, 0.05) is 23.2 Å². The molecular weight excluding hydrogens is 368 g/mol. The number of thiazole rings is 1. The number of nitrogens with zero attached hydrogens (tertiary/aromatic N) is 2. The van der Waals surface area contributed by atoms with E-state index in [1.807, 2.05) is 48.4 Å². The van der Waals surface area contributed by atoms with Crippen molar-refractivity contribution >= 4 is 28.0 Å².